The SMILES string of the molecule is N#Cc1ccccc1COc1ccc(Br)cc1/C=C1/SC(=O)N(c2ccc(Cl)cc2)C1=O. The topological polar surface area (TPSA) is 70.4 Å². The van der Waals surface area contributed by atoms with Gasteiger partial charge in [0.05, 0.1) is 22.2 Å². The molecule has 0 aliphatic carbocycles. The molecule has 1 aliphatic heterocycles. The van der Waals surface area contributed by atoms with Crippen molar-refractivity contribution in [2.24, 2.45) is 0 Å². The largest absolute Gasteiger partial charge is 0.488 e. The molecule has 3 aromatic rings. The average molecular weight is 526 g/mol. The number of nitriles is 1. The van der Waals surface area contributed by atoms with Gasteiger partial charge in [0.1, 0.15) is 12.4 Å². The van der Waals surface area contributed by atoms with Crippen molar-refractivity contribution in [3.8, 4) is 11.8 Å². The maximum atomic E-state index is 13.0. The highest BCUT2D eigenvalue weighted by atomic mass is 79.9. The lowest BCUT2D eigenvalue weighted by molar-refractivity contribution is -0.113. The lowest BCUT2D eigenvalue weighted by Gasteiger charge is -2.12. The summed E-state index contributed by atoms with van der Waals surface area (Å²) in [6.07, 6.45) is 1.64. The molecule has 3 aromatic carbocycles. The monoisotopic (exact) mass is 524 g/mol. The predicted molar refractivity (Wildman–Crippen MR) is 130 cm³/mol. The first kappa shape index (κ1) is 22.2. The van der Waals surface area contributed by atoms with E-state index in [2.05, 4.69) is 22.0 Å². The molecule has 0 spiro atoms. The fourth-order valence-electron chi connectivity index (χ4n) is 3.10. The van der Waals surface area contributed by atoms with Gasteiger partial charge in [0.2, 0.25) is 0 Å². The van der Waals surface area contributed by atoms with E-state index < -0.39 is 5.91 Å². The first-order valence-corrected chi connectivity index (χ1v) is 11.4. The van der Waals surface area contributed by atoms with E-state index in [1.165, 1.54) is 0 Å². The van der Waals surface area contributed by atoms with E-state index in [1.54, 1.807) is 48.5 Å². The van der Waals surface area contributed by atoms with Gasteiger partial charge in [-0.15, -0.1) is 0 Å². The quantitative estimate of drug-likeness (QED) is 0.343. The van der Waals surface area contributed by atoms with Gasteiger partial charge in [-0.3, -0.25) is 9.59 Å². The van der Waals surface area contributed by atoms with E-state index in [0.29, 0.717) is 27.6 Å². The minimum Gasteiger partial charge on any atom is -0.488 e. The highest BCUT2D eigenvalue weighted by Gasteiger charge is 2.36. The number of carbonyl (C=O) groups is 2. The second-order valence-electron chi connectivity index (χ2n) is 6.73. The fourth-order valence-corrected chi connectivity index (χ4v) is 4.43. The summed E-state index contributed by atoms with van der Waals surface area (Å²) in [7, 11) is 0. The second kappa shape index (κ2) is 9.61. The Labute approximate surface area is 202 Å². The molecule has 0 atom stereocenters. The Morgan fingerprint density at radius 2 is 1.84 bits per heavy atom. The van der Waals surface area contributed by atoms with Crippen LogP contribution in [0.25, 0.3) is 6.08 Å². The average Bonchev–Trinajstić information content (AvgIpc) is 3.07. The molecule has 1 saturated heterocycles. The number of anilines is 1. The van der Waals surface area contributed by atoms with Crippen molar-refractivity contribution in [3.63, 3.8) is 0 Å². The number of amides is 2. The van der Waals surface area contributed by atoms with Crippen LogP contribution in [0.5, 0.6) is 5.75 Å². The van der Waals surface area contributed by atoms with Gasteiger partial charge >= 0.3 is 0 Å². The minimum absolute atomic E-state index is 0.193. The molecule has 8 heteroatoms. The predicted octanol–water partition coefficient (Wildman–Crippen LogP) is 6.79. The first-order valence-electron chi connectivity index (χ1n) is 9.40. The van der Waals surface area contributed by atoms with Gasteiger partial charge in [-0.25, -0.2) is 4.90 Å². The van der Waals surface area contributed by atoms with Gasteiger partial charge in [0, 0.05) is 20.6 Å². The zero-order valence-corrected chi connectivity index (χ0v) is 19.6. The Kier molecular flexibility index (Phi) is 6.66. The van der Waals surface area contributed by atoms with E-state index in [1.807, 2.05) is 24.3 Å². The Hall–Kier alpha value is -3.05. The maximum Gasteiger partial charge on any atom is 0.298 e. The summed E-state index contributed by atoms with van der Waals surface area (Å²) < 4.78 is 6.76. The Morgan fingerprint density at radius 1 is 1.09 bits per heavy atom. The molecule has 32 heavy (non-hydrogen) atoms. The number of imide groups is 1. The summed E-state index contributed by atoms with van der Waals surface area (Å²) in [4.78, 5) is 26.9. The van der Waals surface area contributed by atoms with Gasteiger partial charge in [-0.05, 0) is 66.4 Å². The summed E-state index contributed by atoms with van der Waals surface area (Å²) >= 11 is 10.2. The first-order chi connectivity index (χ1) is 15.5. The van der Waals surface area contributed by atoms with Crippen LogP contribution in [0.4, 0.5) is 10.5 Å². The third kappa shape index (κ3) is 4.73. The van der Waals surface area contributed by atoms with Crippen LogP contribution in [0.3, 0.4) is 0 Å². The molecule has 2 amide bonds. The molecule has 1 aliphatic rings. The summed E-state index contributed by atoms with van der Waals surface area (Å²) in [6, 6.07) is 21.3. The zero-order chi connectivity index (χ0) is 22.7. The molecular formula is C24H14BrClN2O3S. The molecule has 1 fully saturated rings. The third-order valence-corrected chi connectivity index (χ3v) is 6.27. The molecule has 4 rings (SSSR count). The number of nitrogens with zero attached hydrogens (tertiary/aromatic N) is 2. The molecule has 1 heterocycles. The van der Waals surface area contributed by atoms with Crippen LogP contribution in [-0.2, 0) is 11.4 Å². The lowest BCUT2D eigenvalue weighted by atomic mass is 10.1. The number of hydrogen-bond donors (Lipinski definition) is 0. The van der Waals surface area contributed by atoms with Crippen molar-refractivity contribution in [3.05, 3.63) is 97.8 Å². The summed E-state index contributed by atoms with van der Waals surface area (Å²) in [5.41, 5.74) is 2.39. The molecule has 5 nitrogen and oxygen atoms in total. The van der Waals surface area contributed by atoms with Crippen LogP contribution < -0.4 is 9.64 Å². The number of benzene rings is 3. The zero-order valence-electron chi connectivity index (χ0n) is 16.4. The molecule has 0 unspecified atom stereocenters. The highest BCUT2D eigenvalue weighted by Crippen LogP contribution is 2.37. The number of rotatable bonds is 5. The van der Waals surface area contributed by atoms with Crippen LogP contribution >= 0.6 is 39.3 Å². The number of thioether (sulfide) groups is 1. The van der Waals surface area contributed by atoms with Crippen LogP contribution in [0.2, 0.25) is 5.02 Å². The molecule has 0 bridgehead atoms. The van der Waals surface area contributed by atoms with E-state index in [4.69, 9.17) is 16.3 Å². The molecule has 0 radical (unpaired) electrons. The second-order valence-corrected chi connectivity index (χ2v) is 9.08. The molecule has 0 saturated carbocycles. The van der Waals surface area contributed by atoms with Crippen molar-refractivity contribution < 1.29 is 14.3 Å². The number of carbonyl (C=O) groups excluding carboxylic acids is 2. The smallest absolute Gasteiger partial charge is 0.298 e. The van der Waals surface area contributed by atoms with E-state index in [0.717, 1.165) is 26.7 Å². The van der Waals surface area contributed by atoms with Crippen molar-refractivity contribution in [2.75, 3.05) is 4.90 Å². The van der Waals surface area contributed by atoms with Crippen molar-refractivity contribution in [2.45, 2.75) is 6.61 Å². The van der Waals surface area contributed by atoms with Crippen molar-refractivity contribution in [1.29, 1.82) is 5.26 Å². The molecule has 0 N–H and O–H groups in total. The number of ether oxygens (including phenoxy) is 1. The molecular weight excluding hydrogens is 512 g/mol. The van der Waals surface area contributed by atoms with Crippen LogP contribution in [0, 0.1) is 11.3 Å². The summed E-state index contributed by atoms with van der Waals surface area (Å²) in [6.45, 7) is 0.193. The highest BCUT2D eigenvalue weighted by molar-refractivity contribution is 9.10. The van der Waals surface area contributed by atoms with Crippen LogP contribution in [0.1, 0.15) is 16.7 Å². The lowest BCUT2D eigenvalue weighted by Crippen LogP contribution is -2.27. The third-order valence-electron chi connectivity index (χ3n) is 4.66. The summed E-state index contributed by atoms with van der Waals surface area (Å²) in [5, 5.41) is 9.41. The normalized spacial score (nSPS) is 14.7. The van der Waals surface area contributed by atoms with Crippen LogP contribution in [0.15, 0.2) is 76.1 Å². The van der Waals surface area contributed by atoms with E-state index >= 15 is 0 Å². The van der Waals surface area contributed by atoms with Gasteiger partial charge in [0.25, 0.3) is 11.1 Å². The fraction of sp³-hybridized carbons (Fsp3) is 0.0417. The Bertz CT molecular complexity index is 1290. The maximum absolute atomic E-state index is 13.0. The van der Waals surface area contributed by atoms with Crippen molar-refractivity contribution in [1.82, 2.24) is 0 Å². The standard InChI is InChI=1S/C24H14BrClN2O3S/c25-18-5-10-21(31-14-16-4-2-1-3-15(16)13-27)17(11-18)12-22-23(29)28(24(30)32-22)20-8-6-19(26)7-9-20/h1-12H,14H2/b22-12+. The number of hydrogen-bond acceptors (Lipinski definition) is 5. The van der Waals surface area contributed by atoms with Gasteiger partial charge < -0.3 is 4.74 Å². The minimum atomic E-state index is -0.414. The van der Waals surface area contributed by atoms with Gasteiger partial charge in [-0.1, -0.05) is 45.7 Å². The Morgan fingerprint density at radius 3 is 2.59 bits per heavy atom. The summed E-state index contributed by atoms with van der Waals surface area (Å²) in [5.74, 6) is 0.113. The van der Waals surface area contributed by atoms with Gasteiger partial charge in [-0.2, -0.15) is 5.26 Å². The molecule has 158 valence electrons. The Balaban J connectivity index is 1.62. The van der Waals surface area contributed by atoms with Gasteiger partial charge in [0.15, 0.2) is 0 Å². The van der Waals surface area contributed by atoms with Crippen LogP contribution in [-0.4, -0.2) is 11.1 Å². The van der Waals surface area contributed by atoms with Crippen molar-refractivity contribution >= 4 is 62.2 Å². The van der Waals surface area contributed by atoms with E-state index in [9.17, 15) is 14.9 Å². The number of halogens is 2. The van der Waals surface area contributed by atoms with E-state index in [-0.39, 0.29) is 16.8 Å². The molecule has 0 aromatic heterocycles.